The maximum atomic E-state index is 10.9. The third kappa shape index (κ3) is 4.65. The smallest absolute Gasteiger partial charge is 0.248 e. The number of nitrogens with two attached hydrogens (primary N) is 1. The van der Waals surface area contributed by atoms with Gasteiger partial charge in [-0.2, -0.15) is 0 Å². The van der Waals surface area contributed by atoms with Crippen LogP contribution in [0.1, 0.15) is 22.8 Å². The van der Waals surface area contributed by atoms with E-state index in [1.165, 1.54) is 0 Å². The summed E-state index contributed by atoms with van der Waals surface area (Å²) in [7, 11) is 0. The Balaban J connectivity index is 1.93. The Kier molecular flexibility index (Phi) is 5.40. The summed E-state index contributed by atoms with van der Waals surface area (Å²) >= 11 is 0. The van der Waals surface area contributed by atoms with Gasteiger partial charge in [-0.3, -0.25) is 9.69 Å². The SMILES string of the molecule is CC(C#CC#Cc1ccc(C(N)=O)cc1)N1CCOCC1. The van der Waals surface area contributed by atoms with Crippen molar-refractivity contribution in [1.82, 2.24) is 4.90 Å². The largest absolute Gasteiger partial charge is 0.379 e. The van der Waals surface area contributed by atoms with Gasteiger partial charge in [0.05, 0.1) is 19.3 Å². The first-order valence-electron chi connectivity index (χ1n) is 6.90. The molecule has 4 heteroatoms. The van der Waals surface area contributed by atoms with Gasteiger partial charge in [0.1, 0.15) is 0 Å². The fraction of sp³-hybridized carbons (Fsp3) is 0.353. The molecule has 0 spiro atoms. The Morgan fingerprint density at radius 3 is 2.52 bits per heavy atom. The van der Waals surface area contributed by atoms with Crippen LogP contribution in [-0.2, 0) is 4.74 Å². The molecule has 1 aliphatic heterocycles. The van der Waals surface area contributed by atoms with Crippen molar-refractivity contribution in [3.63, 3.8) is 0 Å². The second-order valence-corrected chi connectivity index (χ2v) is 4.79. The van der Waals surface area contributed by atoms with E-state index in [0.29, 0.717) is 5.56 Å². The lowest BCUT2D eigenvalue weighted by molar-refractivity contribution is 0.0302. The van der Waals surface area contributed by atoms with Gasteiger partial charge >= 0.3 is 0 Å². The normalized spacial score (nSPS) is 16.0. The number of ether oxygens (including phenoxy) is 1. The molecule has 1 unspecified atom stereocenters. The number of benzene rings is 1. The van der Waals surface area contributed by atoms with E-state index >= 15 is 0 Å². The first-order valence-corrected chi connectivity index (χ1v) is 6.90. The molecule has 21 heavy (non-hydrogen) atoms. The first kappa shape index (κ1) is 15.1. The van der Waals surface area contributed by atoms with Gasteiger partial charge in [0.2, 0.25) is 5.91 Å². The molecule has 1 aromatic carbocycles. The van der Waals surface area contributed by atoms with Gasteiger partial charge in [-0.1, -0.05) is 11.8 Å². The lowest BCUT2D eigenvalue weighted by Gasteiger charge is -2.29. The van der Waals surface area contributed by atoms with E-state index in [9.17, 15) is 4.79 Å². The average Bonchev–Trinajstić information content (AvgIpc) is 2.52. The predicted octanol–water partition coefficient (Wildman–Crippen LogP) is 0.861. The van der Waals surface area contributed by atoms with E-state index < -0.39 is 5.91 Å². The van der Waals surface area contributed by atoms with Crippen molar-refractivity contribution in [1.29, 1.82) is 0 Å². The molecular weight excluding hydrogens is 264 g/mol. The molecule has 108 valence electrons. The maximum Gasteiger partial charge on any atom is 0.248 e. The van der Waals surface area contributed by atoms with Gasteiger partial charge < -0.3 is 10.5 Å². The van der Waals surface area contributed by atoms with Crippen LogP contribution in [0.5, 0.6) is 0 Å². The molecule has 2 N–H and O–H groups in total. The fourth-order valence-electron chi connectivity index (χ4n) is 2.02. The molecule has 1 aromatic rings. The quantitative estimate of drug-likeness (QED) is 0.819. The molecule has 2 rings (SSSR count). The van der Waals surface area contributed by atoms with Crippen molar-refractivity contribution >= 4 is 5.91 Å². The lowest BCUT2D eigenvalue weighted by Crippen LogP contribution is -2.41. The van der Waals surface area contributed by atoms with Crippen LogP contribution in [0.15, 0.2) is 24.3 Å². The van der Waals surface area contributed by atoms with Crippen LogP contribution in [0, 0.1) is 23.7 Å². The number of nitrogens with zero attached hydrogens (tertiary/aromatic N) is 1. The Morgan fingerprint density at radius 1 is 1.24 bits per heavy atom. The van der Waals surface area contributed by atoms with Crippen LogP contribution in [0.4, 0.5) is 0 Å². The molecule has 0 radical (unpaired) electrons. The summed E-state index contributed by atoms with van der Waals surface area (Å²) in [5.74, 6) is 11.4. The fourth-order valence-corrected chi connectivity index (χ4v) is 2.02. The summed E-state index contributed by atoms with van der Waals surface area (Å²) in [6, 6.07) is 7.03. The number of morpholine rings is 1. The van der Waals surface area contributed by atoms with Crippen molar-refractivity contribution in [2.45, 2.75) is 13.0 Å². The monoisotopic (exact) mass is 282 g/mol. The summed E-state index contributed by atoms with van der Waals surface area (Å²) in [4.78, 5) is 13.2. The van der Waals surface area contributed by atoms with E-state index in [-0.39, 0.29) is 6.04 Å². The summed E-state index contributed by atoms with van der Waals surface area (Å²) in [5, 5.41) is 0. The van der Waals surface area contributed by atoms with Crippen LogP contribution in [0.2, 0.25) is 0 Å². The number of carbonyl (C=O) groups is 1. The first-order chi connectivity index (χ1) is 10.2. The Hall–Kier alpha value is -2.27. The van der Waals surface area contributed by atoms with Crippen LogP contribution in [-0.4, -0.2) is 43.2 Å². The van der Waals surface area contributed by atoms with Crippen molar-refractivity contribution in [3.8, 4) is 23.7 Å². The number of primary amides is 1. The number of hydrogen-bond donors (Lipinski definition) is 1. The van der Waals surface area contributed by atoms with E-state index in [0.717, 1.165) is 31.9 Å². The topological polar surface area (TPSA) is 55.6 Å². The zero-order chi connectivity index (χ0) is 15.1. The summed E-state index contributed by atoms with van der Waals surface area (Å²) in [6.07, 6.45) is 0. The summed E-state index contributed by atoms with van der Waals surface area (Å²) < 4.78 is 5.31. The lowest BCUT2D eigenvalue weighted by atomic mass is 10.1. The Morgan fingerprint density at radius 2 is 1.90 bits per heavy atom. The highest BCUT2D eigenvalue weighted by Gasteiger charge is 2.14. The molecule has 0 aromatic heterocycles. The molecular formula is C17H18N2O2. The predicted molar refractivity (Wildman–Crippen MR) is 81.5 cm³/mol. The van der Waals surface area contributed by atoms with E-state index in [1.54, 1.807) is 24.3 Å². The van der Waals surface area contributed by atoms with Crippen molar-refractivity contribution in [2.75, 3.05) is 26.3 Å². The van der Waals surface area contributed by atoms with Gasteiger partial charge in [0.15, 0.2) is 0 Å². The second-order valence-electron chi connectivity index (χ2n) is 4.79. The summed E-state index contributed by atoms with van der Waals surface area (Å²) in [5.41, 5.74) is 6.47. The highest BCUT2D eigenvalue weighted by atomic mass is 16.5. The second kappa shape index (κ2) is 7.50. The molecule has 0 bridgehead atoms. The number of amides is 1. The van der Waals surface area contributed by atoms with E-state index in [1.807, 2.05) is 0 Å². The minimum atomic E-state index is -0.436. The zero-order valence-electron chi connectivity index (χ0n) is 12.1. The van der Waals surface area contributed by atoms with Crippen LogP contribution in [0.3, 0.4) is 0 Å². The number of hydrogen-bond acceptors (Lipinski definition) is 3. The third-order valence-corrected chi connectivity index (χ3v) is 3.31. The van der Waals surface area contributed by atoms with Crippen molar-refractivity contribution < 1.29 is 9.53 Å². The van der Waals surface area contributed by atoms with Gasteiger partial charge in [-0.05, 0) is 43.0 Å². The molecule has 4 nitrogen and oxygen atoms in total. The Labute approximate surface area is 125 Å². The number of rotatable bonds is 2. The highest BCUT2D eigenvalue weighted by molar-refractivity contribution is 5.92. The summed E-state index contributed by atoms with van der Waals surface area (Å²) in [6.45, 7) is 5.44. The molecule has 1 atom stereocenters. The van der Waals surface area contributed by atoms with Crippen LogP contribution in [0.25, 0.3) is 0 Å². The molecule has 1 amide bonds. The average molecular weight is 282 g/mol. The van der Waals surface area contributed by atoms with Crippen LogP contribution < -0.4 is 5.73 Å². The molecule has 1 fully saturated rings. The maximum absolute atomic E-state index is 10.9. The zero-order valence-corrected chi connectivity index (χ0v) is 12.1. The standard InChI is InChI=1S/C17H18N2O2/c1-14(19-10-12-21-13-11-19)4-2-3-5-15-6-8-16(9-7-15)17(18)20/h6-9,14H,10-13H2,1H3,(H2,18,20). The van der Waals surface area contributed by atoms with E-state index in [4.69, 9.17) is 10.5 Å². The van der Waals surface area contributed by atoms with E-state index in [2.05, 4.69) is 35.5 Å². The minimum Gasteiger partial charge on any atom is -0.379 e. The molecule has 0 aliphatic carbocycles. The molecule has 1 heterocycles. The van der Waals surface area contributed by atoms with Gasteiger partial charge in [0, 0.05) is 24.2 Å². The van der Waals surface area contributed by atoms with Gasteiger partial charge in [-0.25, -0.2) is 0 Å². The minimum absolute atomic E-state index is 0.181. The molecule has 0 saturated carbocycles. The molecule has 1 saturated heterocycles. The number of carbonyl (C=O) groups excluding carboxylic acids is 1. The van der Waals surface area contributed by atoms with Crippen LogP contribution >= 0.6 is 0 Å². The van der Waals surface area contributed by atoms with Crippen molar-refractivity contribution in [2.24, 2.45) is 5.73 Å². The third-order valence-electron chi connectivity index (χ3n) is 3.31. The Bertz CT molecular complexity index is 608. The van der Waals surface area contributed by atoms with Gasteiger partial charge in [0.25, 0.3) is 0 Å². The molecule has 1 aliphatic rings. The van der Waals surface area contributed by atoms with Gasteiger partial charge in [-0.15, -0.1) is 0 Å². The van der Waals surface area contributed by atoms with Crippen molar-refractivity contribution in [3.05, 3.63) is 35.4 Å². The highest BCUT2D eigenvalue weighted by Crippen LogP contribution is 2.03.